The van der Waals surface area contributed by atoms with Crippen molar-refractivity contribution in [3.8, 4) is 0 Å². The Morgan fingerprint density at radius 1 is 1.78 bits per heavy atom. The molecule has 0 aromatic carbocycles. The zero-order chi connectivity index (χ0) is 7.28. The second-order valence-electron chi connectivity index (χ2n) is 1.57. The van der Waals surface area contributed by atoms with Gasteiger partial charge in [-0.15, -0.1) is 0 Å². The topological polar surface area (TPSA) is 66.8 Å². The lowest BCUT2D eigenvalue weighted by molar-refractivity contribution is -0.153. The summed E-state index contributed by atoms with van der Waals surface area (Å²) in [7, 11) is 0. The Morgan fingerprint density at radius 2 is 2.33 bits per heavy atom. The van der Waals surface area contributed by atoms with E-state index >= 15 is 0 Å². The third-order valence-corrected chi connectivity index (χ3v) is 0.677. The molecule has 0 aliphatic carbocycles. The van der Waals surface area contributed by atoms with Crippen molar-refractivity contribution in [1.29, 1.82) is 0 Å². The quantitative estimate of drug-likeness (QED) is 0.481. The molecule has 0 radical (unpaired) electrons. The number of esters is 1. The van der Waals surface area contributed by atoms with Crippen LogP contribution in [0.5, 0.6) is 0 Å². The summed E-state index contributed by atoms with van der Waals surface area (Å²) in [6, 6.07) is 0. The van der Waals surface area contributed by atoms with E-state index in [1.165, 1.54) is 6.92 Å². The minimum Gasteiger partial charge on any atom is -0.461 e. The molecule has 1 atom stereocenters. The molecular weight excluding hydrogens is 124 g/mol. The first-order valence-corrected chi connectivity index (χ1v) is 2.64. The molecule has 0 amide bonds. The van der Waals surface area contributed by atoms with Crippen molar-refractivity contribution in [2.45, 2.75) is 13.0 Å². The number of carbonyl (C=O) groups excluding carboxylic acids is 1. The number of rotatable bonds is 3. The second kappa shape index (κ2) is 4.29. The fourth-order valence-electron chi connectivity index (χ4n) is 0.267. The number of aliphatic hydroxyl groups excluding tert-OH is 2. The highest BCUT2D eigenvalue weighted by atomic mass is 16.6. The van der Waals surface area contributed by atoms with E-state index in [1.807, 2.05) is 0 Å². The molecule has 0 aromatic rings. The van der Waals surface area contributed by atoms with E-state index in [0.29, 0.717) is 0 Å². The van der Waals surface area contributed by atoms with Crippen molar-refractivity contribution < 1.29 is 19.7 Å². The second-order valence-corrected chi connectivity index (χ2v) is 1.57. The molecule has 0 spiro atoms. The number of hydrogen-bond donors (Lipinski definition) is 2. The Kier molecular flexibility index (Phi) is 4.00. The van der Waals surface area contributed by atoms with Crippen LogP contribution in [-0.2, 0) is 9.53 Å². The molecule has 0 saturated carbocycles. The predicted octanol–water partition coefficient (Wildman–Crippen LogP) is -1.10. The van der Waals surface area contributed by atoms with Crippen LogP contribution in [0.4, 0.5) is 0 Å². The molecule has 4 nitrogen and oxygen atoms in total. The summed E-state index contributed by atoms with van der Waals surface area (Å²) in [5.41, 5.74) is 0. The van der Waals surface area contributed by atoms with Crippen LogP contribution in [0.25, 0.3) is 0 Å². The molecule has 9 heavy (non-hydrogen) atoms. The monoisotopic (exact) mass is 134 g/mol. The average molecular weight is 134 g/mol. The molecule has 0 aliphatic rings. The molecule has 0 rings (SSSR count). The van der Waals surface area contributed by atoms with Gasteiger partial charge in [-0.2, -0.15) is 0 Å². The van der Waals surface area contributed by atoms with Crippen LogP contribution in [0.2, 0.25) is 0 Å². The normalized spacial score (nSPS) is 12.8. The van der Waals surface area contributed by atoms with E-state index in [-0.39, 0.29) is 13.2 Å². The summed E-state index contributed by atoms with van der Waals surface area (Å²) in [4.78, 5) is 10.3. The molecular formula is C5H10O4. The minimum absolute atomic E-state index is 0.0519. The van der Waals surface area contributed by atoms with Gasteiger partial charge in [0, 0.05) is 0 Å². The van der Waals surface area contributed by atoms with E-state index in [1.54, 1.807) is 0 Å². The van der Waals surface area contributed by atoms with E-state index < -0.39 is 12.1 Å². The zero-order valence-electron chi connectivity index (χ0n) is 5.20. The van der Waals surface area contributed by atoms with Crippen LogP contribution < -0.4 is 0 Å². The number of carbonyl (C=O) groups is 1. The molecule has 0 aliphatic heterocycles. The van der Waals surface area contributed by atoms with Crippen LogP contribution in [0.1, 0.15) is 6.92 Å². The summed E-state index contributed by atoms with van der Waals surface area (Å²) < 4.78 is 4.31. The summed E-state index contributed by atoms with van der Waals surface area (Å²) in [5, 5.41) is 16.6. The first-order valence-electron chi connectivity index (χ1n) is 2.64. The lowest BCUT2D eigenvalue weighted by atomic mass is 10.4. The zero-order valence-corrected chi connectivity index (χ0v) is 5.20. The smallest absolute Gasteiger partial charge is 0.334 e. The highest BCUT2D eigenvalue weighted by Crippen LogP contribution is 1.84. The molecule has 0 unspecified atom stereocenters. The maximum atomic E-state index is 10.3. The maximum Gasteiger partial charge on any atom is 0.334 e. The third-order valence-electron chi connectivity index (χ3n) is 0.677. The lowest BCUT2D eigenvalue weighted by Gasteiger charge is -2.02. The van der Waals surface area contributed by atoms with E-state index in [2.05, 4.69) is 4.74 Å². The highest BCUT2D eigenvalue weighted by molar-refractivity contribution is 5.73. The fraction of sp³-hybridized carbons (Fsp3) is 0.800. The molecule has 0 saturated heterocycles. The van der Waals surface area contributed by atoms with E-state index in [4.69, 9.17) is 10.2 Å². The fourth-order valence-corrected chi connectivity index (χ4v) is 0.267. The predicted molar refractivity (Wildman–Crippen MR) is 29.7 cm³/mol. The molecule has 54 valence electrons. The van der Waals surface area contributed by atoms with Crippen LogP contribution in [0.3, 0.4) is 0 Å². The van der Waals surface area contributed by atoms with Crippen LogP contribution in [-0.4, -0.2) is 35.5 Å². The van der Waals surface area contributed by atoms with Gasteiger partial charge < -0.3 is 14.9 Å². The van der Waals surface area contributed by atoms with Gasteiger partial charge in [0.15, 0.2) is 0 Å². The van der Waals surface area contributed by atoms with Crippen molar-refractivity contribution in [3.05, 3.63) is 0 Å². The van der Waals surface area contributed by atoms with Crippen molar-refractivity contribution in [2.75, 3.05) is 13.2 Å². The first kappa shape index (κ1) is 8.39. The van der Waals surface area contributed by atoms with Crippen LogP contribution in [0.15, 0.2) is 0 Å². The molecule has 0 aromatic heterocycles. The summed E-state index contributed by atoms with van der Waals surface area (Å²) in [6.07, 6.45) is -1.10. The van der Waals surface area contributed by atoms with Gasteiger partial charge in [-0.3, -0.25) is 0 Å². The largest absolute Gasteiger partial charge is 0.461 e. The van der Waals surface area contributed by atoms with Gasteiger partial charge in [-0.05, 0) is 6.92 Å². The molecule has 4 heteroatoms. The Hall–Kier alpha value is -0.610. The molecule has 0 fully saturated rings. The van der Waals surface area contributed by atoms with Crippen molar-refractivity contribution in [2.24, 2.45) is 0 Å². The molecule has 2 N–H and O–H groups in total. The third kappa shape index (κ3) is 3.93. The van der Waals surface area contributed by atoms with Crippen molar-refractivity contribution in [1.82, 2.24) is 0 Å². The van der Waals surface area contributed by atoms with E-state index in [9.17, 15) is 4.79 Å². The first-order chi connectivity index (χ1) is 4.18. The number of aliphatic hydroxyl groups is 2. The van der Waals surface area contributed by atoms with Gasteiger partial charge in [-0.25, -0.2) is 4.79 Å². The Morgan fingerprint density at radius 3 is 2.67 bits per heavy atom. The Bertz CT molecular complexity index is 89.0. The Labute approximate surface area is 53.1 Å². The lowest BCUT2D eigenvalue weighted by Crippen LogP contribution is -2.20. The molecule has 0 heterocycles. The summed E-state index contributed by atoms with van der Waals surface area (Å²) in [6.45, 7) is 1.04. The maximum absolute atomic E-state index is 10.3. The Balaban J connectivity index is 3.28. The average Bonchev–Trinajstić information content (AvgIpc) is 1.82. The summed E-state index contributed by atoms with van der Waals surface area (Å²) >= 11 is 0. The van der Waals surface area contributed by atoms with Crippen molar-refractivity contribution in [3.63, 3.8) is 0 Å². The van der Waals surface area contributed by atoms with Crippen molar-refractivity contribution >= 4 is 5.97 Å². The summed E-state index contributed by atoms with van der Waals surface area (Å²) in [5.74, 6) is -0.705. The van der Waals surface area contributed by atoms with Crippen LogP contribution in [0, 0.1) is 0 Å². The minimum atomic E-state index is -1.10. The van der Waals surface area contributed by atoms with Gasteiger partial charge in [-0.1, -0.05) is 0 Å². The highest BCUT2D eigenvalue weighted by Gasteiger charge is 2.08. The van der Waals surface area contributed by atoms with Gasteiger partial charge in [0.2, 0.25) is 0 Å². The number of hydrogen-bond acceptors (Lipinski definition) is 4. The van der Waals surface area contributed by atoms with Gasteiger partial charge in [0.05, 0.1) is 6.61 Å². The van der Waals surface area contributed by atoms with Gasteiger partial charge in [0.25, 0.3) is 0 Å². The standard InChI is InChI=1S/C5H10O4/c1-4(7)5(8)9-3-2-6/h4,6-7H,2-3H2,1H3/t4-/m0/s1. The van der Waals surface area contributed by atoms with Gasteiger partial charge in [0.1, 0.15) is 12.7 Å². The van der Waals surface area contributed by atoms with Crippen LogP contribution >= 0.6 is 0 Å². The molecule has 0 bridgehead atoms. The van der Waals surface area contributed by atoms with Gasteiger partial charge >= 0.3 is 5.97 Å². The number of ether oxygens (including phenoxy) is 1. The SMILES string of the molecule is C[C@H](O)C(=O)OCCO. The van der Waals surface area contributed by atoms with E-state index in [0.717, 1.165) is 0 Å².